The molecule has 1 fully saturated rings. The van der Waals surface area contributed by atoms with Crippen molar-refractivity contribution < 1.29 is 9.90 Å². The van der Waals surface area contributed by atoms with Gasteiger partial charge in [0.2, 0.25) is 0 Å². The Hall–Kier alpha value is -1.16. The van der Waals surface area contributed by atoms with Crippen molar-refractivity contribution in [2.75, 3.05) is 6.26 Å². The topological polar surface area (TPSA) is 49.3 Å². The lowest BCUT2D eigenvalue weighted by Gasteiger charge is -2.19. The average Bonchev–Trinajstić information content (AvgIpc) is 2.76. The Bertz CT molecular complexity index is 408. The number of benzene rings is 1. The van der Waals surface area contributed by atoms with Crippen molar-refractivity contribution in [2.24, 2.45) is 0 Å². The minimum absolute atomic E-state index is 0.0451. The van der Waals surface area contributed by atoms with E-state index in [0.717, 1.165) is 19.3 Å². The summed E-state index contributed by atoms with van der Waals surface area (Å²) in [6, 6.07) is 6.89. The van der Waals surface area contributed by atoms with Gasteiger partial charge in [-0.05, 0) is 31.2 Å². The van der Waals surface area contributed by atoms with Crippen LogP contribution in [0, 0.1) is 0 Å². The van der Waals surface area contributed by atoms with Crippen LogP contribution in [0.2, 0.25) is 0 Å². The van der Waals surface area contributed by atoms with Gasteiger partial charge in [-0.15, -0.1) is 0 Å². The van der Waals surface area contributed by atoms with Crippen molar-refractivity contribution in [3.8, 4) is 5.75 Å². The first-order chi connectivity index (χ1) is 8.22. The van der Waals surface area contributed by atoms with Crippen molar-refractivity contribution >= 4 is 17.7 Å². The second-order valence-electron chi connectivity index (χ2n) is 4.30. The molecule has 0 spiro atoms. The summed E-state index contributed by atoms with van der Waals surface area (Å²) < 4.78 is 0. The third-order valence-electron chi connectivity index (χ3n) is 3.22. The van der Waals surface area contributed by atoms with Crippen LogP contribution in [-0.4, -0.2) is 28.6 Å². The second kappa shape index (κ2) is 5.45. The molecular weight excluding hydrogens is 234 g/mol. The number of thioether (sulfide) groups is 1. The number of phenolic OH excluding ortho intramolecular Hbond substituents is 1. The van der Waals surface area contributed by atoms with Crippen LogP contribution in [0.25, 0.3) is 0 Å². The van der Waals surface area contributed by atoms with E-state index in [1.807, 2.05) is 0 Å². The van der Waals surface area contributed by atoms with E-state index in [1.165, 1.54) is 6.07 Å². The van der Waals surface area contributed by atoms with Gasteiger partial charge in [0.05, 0.1) is 5.56 Å². The standard InChI is InChI=1S/C13H17NO2S/c1-17-12-8-4-6-10(12)14-13(16)9-5-2-3-7-11(9)15/h2-3,5,7,10,12,15H,4,6,8H2,1H3,(H,14,16). The van der Waals surface area contributed by atoms with E-state index in [2.05, 4.69) is 11.6 Å². The Labute approximate surface area is 106 Å². The summed E-state index contributed by atoms with van der Waals surface area (Å²) in [5.74, 6) is -0.127. The highest BCUT2D eigenvalue weighted by Crippen LogP contribution is 2.28. The van der Waals surface area contributed by atoms with Gasteiger partial charge in [-0.1, -0.05) is 18.6 Å². The van der Waals surface area contributed by atoms with Crippen LogP contribution in [0.15, 0.2) is 24.3 Å². The first kappa shape index (κ1) is 12.3. The molecule has 3 nitrogen and oxygen atoms in total. The number of amides is 1. The highest BCUT2D eigenvalue weighted by molar-refractivity contribution is 7.99. The van der Waals surface area contributed by atoms with Gasteiger partial charge >= 0.3 is 0 Å². The predicted molar refractivity (Wildman–Crippen MR) is 70.5 cm³/mol. The van der Waals surface area contributed by atoms with Crippen molar-refractivity contribution in [3.63, 3.8) is 0 Å². The number of hydrogen-bond acceptors (Lipinski definition) is 3. The molecule has 1 amide bonds. The number of carbonyl (C=O) groups is 1. The second-order valence-corrected chi connectivity index (χ2v) is 5.38. The lowest BCUT2D eigenvalue weighted by molar-refractivity contribution is 0.0936. The zero-order valence-electron chi connectivity index (χ0n) is 9.85. The zero-order valence-corrected chi connectivity index (χ0v) is 10.7. The van der Waals surface area contributed by atoms with Gasteiger partial charge in [-0.3, -0.25) is 4.79 Å². The van der Waals surface area contributed by atoms with E-state index in [1.54, 1.807) is 30.0 Å². The van der Waals surface area contributed by atoms with E-state index in [4.69, 9.17) is 0 Å². The molecule has 0 aliphatic heterocycles. The molecule has 0 aromatic heterocycles. The van der Waals surface area contributed by atoms with Crippen LogP contribution in [-0.2, 0) is 0 Å². The summed E-state index contributed by atoms with van der Waals surface area (Å²) in [5.41, 5.74) is 0.360. The van der Waals surface area contributed by atoms with E-state index in [-0.39, 0.29) is 17.7 Å². The van der Waals surface area contributed by atoms with Gasteiger partial charge in [-0.2, -0.15) is 11.8 Å². The summed E-state index contributed by atoms with van der Waals surface area (Å²) in [4.78, 5) is 12.0. The van der Waals surface area contributed by atoms with E-state index in [0.29, 0.717) is 10.8 Å². The monoisotopic (exact) mass is 251 g/mol. The number of carbonyl (C=O) groups excluding carboxylic acids is 1. The fraction of sp³-hybridized carbons (Fsp3) is 0.462. The Morgan fingerprint density at radius 1 is 1.41 bits per heavy atom. The van der Waals surface area contributed by atoms with Gasteiger partial charge in [0, 0.05) is 11.3 Å². The first-order valence-electron chi connectivity index (χ1n) is 5.84. The highest BCUT2D eigenvalue weighted by Gasteiger charge is 2.28. The third-order valence-corrected chi connectivity index (χ3v) is 4.39. The Balaban J connectivity index is 2.04. The van der Waals surface area contributed by atoms with Crippen molar-refractivity contribution in [1.82, 2.24) is 5.32 Å². The number of rotatable bonds is 3. The third kappa shape index (κ3) is 2.75. The Morgan fingerprint density at radius 3 is 2.88 bits per heavy atom. The first-order valence-corrected chi connectivity index (χ1v) is 7.13. The lowest BCUT2D eigenvalue weighted by atomic mass is 10.1. The van der Waals surface area contributed by atoms with Gasteiger partial charge in [0.1, 0.15) is 5.75 Å². The minimum Gasteiger partial charge on any atom is -0.507 e. The van der Waals surface area contributed by atoms with Crippen LogP contribution in [0.5, 0.6) is 5.75 Å². The van der Waals surface area contributed by atoms with Crippen LogP contribution in [0.4, 0.5) is 0 Å². The van der Waals surface area contributed by atoms with Crippen LogP contribution in [0.1, 0.15) is 29.6 Å². The molecule has 1 saturated carbocycles. The van der Waals surface area contributed by atoms with Gasteiger partial charge < -0.3 is 10.4 Å². The quantitative estimate of drug-likeness (QED) is 0.867. The molecule has 0 bridgehead atoms. The van der Waals surface area contributed by atoms with E-state index >= 15 is 0 Å². The molecule has 2 atom stereocenters. The fourth-order valence-corrected chi connectivity index (χ4v) is 3.22. The Morgan fingerprint density at radius 2 is 2.18 bits per heavy atom. The van der Waals surface area contributed by atoms with E-state index in [9.17, 15) is 9.90 Å². The minimum atomic E-state index is -0.172. The molecule has 0 radical (unpaired) electrons. The molecule has 4 heteroatoms. The van der Waals surface area contributed by atoms with E-state index < -0.39 is 0 Å². The van der Waals surface area contributed by atoms with Crippen molar-refractivity contribution in [2.45, 2.75) is 30.6 Å². The van der Waals surface area contributed by atoms with Crippen LogP contribution in [0.3, 0.4) is 0 Å². The molecule has 1 aliphatic rings. The molecule has 92 valence electrons. The average molecular weight is 251 g/mol. The SMILES string of the molecule is CSC1CCCC1NC(=O)c1ccccc1O. The largest absolute Gasteiger partial charge is 0.507 e. The molecular formula is C13H17NO2S. The Kier molecular flexibility index (Phi) is 3.94. The lowest BCUT2D eigenvalue weighted by Crippen LogP contribution is -2.38. The van der Waals surface area contributed by atoms with Crippen LogP contribution >= 0.6 is 11.8 Å². The number of hydrogen-bond donors (Lipinski definition) is 2. The van der Waals surface area contributed by atoms with Gasteiger partial charge in [-0.25, -0.2) is 0 Å². The maximum atomic E-state index is 12.0. The predicted octanol–water partition coefficient (Wildman–Crippen LogP) is 2.41. The van der Waals surface area contributed by atoms with Gasteiger partial charge in [0.15, 0.2) is 0 Å². The molecule has 2 unspecified atom stereocenters. The van der Waals surface area contributed by atoms with Crippen molar-refractivity contribution in [1.29, 1.82) is 0 Å². The molecule has 1 aliphatic carbocycles. The molecule has 0 saturated heterocycles. The molecule has 2 rings (SSSR count). The van der Waals surface area contributed by atoms with Gasteiger partial charge in [0.25, 0.3) is 5.91 Å². The summed E-state index contributed by atoms with van der Waals surface area (Å²) in [7, 11) is 0. The highest BCUT2D eigenvalue weighted by atomic mass is 32.2. The molecule has 2 N–H and O–H groups in total. The van der Waals surface area contributed by atoms with Crippen LogP contribution < -0.4 is 5.32 Å². The summed E-state index contributed by atoms with van der Waals surface area (Å²) in [6.07, 6.45) is 5.43. The zero-order chi connectivity index (χ0) is 12.3. The van der Waals surface area contributed by atoms with Crippen molar-refractivity contribution in [3.05, 3.63) is 29.8 Å². The summed E-state index contributed by atoms with van der Waals surface area (Å²) in [5, 5.41) is 13.1. The maximum Gasteiger partial charge on any atom is 0.255 e. The smallest absolute Gasteiger partial charge is 0.255 e. The molecule has 17 heavy (non-hydrogen) atoms. The summed E-state index contributed by atoms with van der Waals surface area (Å²) in [6.45, 7) is 0. The summed E-state index contributed by atoms with van der Waals surface area (Å²) >= 11 is 1.80. The number of phenols is 1. The number of para-hydroxylation sites is 1. The fourth-order valence-electron chi connectivity index (χ4n) is 2.29. The molecule has 0 heterocycles. The number of aromatic hydroxyl groups is 1. The normalized spacial score (nSPS) is 23.6. The number of nitrogens with one attached hydrogen (secondary N) is 1. The molecule has 1 aromatic carbocycles. The molecule has 1 aromatic rings. The maximum absolute atomic E-state index is 12.0.